The number of carbonyl (C=O) groups excluding carboxylic acids is 1. The maximum absolute atomic E-state index is 11.7. The second kappa shape index (κ2) is 8.29. The highest BCUT2D eigenvalue weighted by Gasteiger charge is 2.04. The van der Waals surface area contributed by atoms with Crippen molar-refractivity contribution in [2.45, 2.75) is 34.6 Å². The molecule has 1 N–H and O–H groups in total. The van der Waals surface area contributed by atoms with Crippen molar-refractivity contribution in [1.82, 2.24) is 0 Å². The number of hydrogen-bond donors (Lipinski definition) is 1. The molecule has 0 bridgehead atoms. The van der Waals surface area contributed by atoms with Gasteiger partial charge in [0.1, 0.15) is 0 Å². The van der Waals surface area contributed by atoms with Gasteiger partial charge in [-0.2, -0.15) is 0 Å². The van der Waals surface area contributed by atoms with Gasteiger partial charge in [0.15, 0.2) is 0 Å². The Morgan fingerprint density at radius 3 is 2.39 bits per heavy atom. The highest BCUT2D eigenvalue weighted by molar-refractivity contribution is 6.05. The quantitative estimate of drug-likeness (QED) is 0.617. The first-order valence-electron chi connectivity index (χ1n) is 6.21. The Labute approximate surface area is 110 Å². The lowest BCUT2D eigenvalue weighted by Gasteiger charge is -2.06. The fraction of sp³-hybridized carbons (Fsp3) is 0.312. The summed E-state index contributed by atoms with van der Waals surface area (Å²) < 4.78 is 0. The van der Waals surface area contributed by atoms with E-state index in [4.69, 9.17) is 0 Å². The van der Waals surface area contributed by atoms with Crippen LogP contribution in [0.4, 0.5) is 5.69 Å². The summed E-state index contributed by atoms with van der Waals surface area (Å²) in [5, 5.41) is 2.80. The maximum Gasteiger partial charge on any atom is 0.255 e. The molecule has 1 amide bonds. The van der Waals surface area contributed by atoms with E-state index in [-0.39, 0.29) is 5.91 Å². The summed E-state index contributed by atoms with van der Waals surface area (Å²) in [6.07, 6.45) is 1.77. The van der Waals surface area contributed by atoms with Gasteiger partial charge in [0, 0.05) is 11.3 Å². The number of allylic oxidation sites excluding steroid dienone is 1. The zero-order valence-electron chi connectivity index (χ0n) is 12.0. The molecule has 0 atom stereocenters. The van der Waals surface area contributed by atoms with Crippen LogP contribution in [0.25, 0.3) is 0 Å². The third kappa shape index (κ3) is 6.04. The monoisotopic (exact) mass is 245 g/mol. The Kier molecular flexibility index (Phi) is 7.45. The average molecular weight is 245 g/mol. The van der Waals surface area contributed by atoms with Gasteiger partial charge in [-0.15, -0.1) is 0 Å². The van der Waals surface area contributed by atoms with E-state index in [1.807, 2.05) is 58.9 Å². The SMILES string of the molecule is C=C(C=C(C)C)C(=O)Nc1cccc(C)c1.CC. The first-order valence-corrected chi connectivity index (χ1v) is 6.21. The second-order valence-electron chi connectivity index (χ2n) is 4.07. The molecule has 0 radical (unpaired) electrons. The van der Waals surface area contributed by atoms with Crippen LogP contribution in [0.1, 0.15) is 33.3 Å². The number of aryl methyl sites for hydroxylation is 1. The number of nitrogens with one attached hydrogen (secondary N) is 1. The van der Waals surface area contributed by atoms with Gasteiger partial charge in [-0.3, -0.25) is 4.79 Å². The van der Waals surface area contributed by atoms with Crippen LogP contribution in [0, 0.1) is 6.92 Å². The first-order chi connectivity index (χ1) is 8.49. The zero-order valence-corrected chi connectivity index (χ0v) is 12.0. The molecule has 0 saturated carbocycles. The van der Waals surface area contributed by atoms with Gasteiger partial charge in [-0.25, -0.2) is 0 Å². The van der Waals surface area contributed by atoms with Gasteiger partial charge in [-0.05, 0) is 38.5 Å². The lowest BCUT2D eigenvalue weighted by Crippen LogP contribution is -2.12. The van der Waals surface area contributed by atoms with E-state index >= 15 is 0 Å². The minimum Gasteiger partial charge on any atom is -0.322 e. The molecule has 0 unspecified atom stereocenters. The lowest BCUT2D eigenvalue weighted by molar-refractivity contribution is -0.112. The summed E-state index contributed by atoms with van der Waals surface area (Å²) >= 11 is 0. The molecule has 0 heterocycles. The number of amides is 1. The van der Waals surface area contributed by atoms with Gasteiger partial charge >= 0.3 is 0 Å². The zero-order chi connectivity index (χ0) is 14.1. The highest BCUT2D eigenvalue weighted by Crippen LogP contribution is 2.11. The summed E-state index contributed by atoms with van der Waals surface area (Å²) in [4.78, 5) is 11.7. The molecule has 1 rings (SSSR count). The van der Waals surface area contributed by atoms with Crippen LogP contribution in [0.15, 0.2) is 48.1 Å². The smallest absolute Gasteiger partial charge is 0.255 e. The van der Waals surface area contributed by atoms with Crippen LogP contribution in [-0.4, -0.2) is 5.91 Å². The number of benzene rings is 1. The Morgan fingerprint density at radius 2 is 1.89 bits per heavy atom. The molecule has 1 aromatic rings. The van der Waals surface area contributed by atoms with Crippen LogP contribution in [-0.2, 0) is 4.79 Å². The fourth-order valence-electron chi connectivity index (χ4n) is 1.35. The average Bonchev–Trinajstić information content (AvgIpc) is 2.30. The third-order valence-electron chi connectivity index (χ3n) is 2.03. The van der Waals surface area contributed by atoms with Crippen LogP contribution < -0.4 is 5.32 Å². The third-order valence-corrected chi connectivity index (χ3v) is 2.03. The first kappa shape index (κ1) is 16.2. The van der Waals surface area contributed by atoms with Crippen molar-refractivity contribution in [3.05, 3.63) is 53.6 Å². The molecular formula is C16H23NO. The van der Waals surface area contributed by atoms with Gasteiger partial charge in [0.25, 0.3) is 5.91 Å². The molecule has 0 aromatic heterocycles. The fourth-order valence-corrected chi connectivity index (χ4v) is 1.35. The minimum atomic E-state index is -0.160. The molecule has 0 aliphatic carbocycles. The number of rotatable bonds is 3. The summed E-state index contributed by atoms with van der Waals surface area (Å²) in [6.45, 7) is 13.6. The molecule has 0 saturated heterocycles. The largest absolute Gasteiger partial charge is 0.322 e. The summed E-state index contributed by atoms with van der Waals surface area (Å²) in [7, 11) is 0. The molecule has 2 nitrogen and oxygen atoms in total. The van der Waals surface area contributed by atoms with Gasteiger partial charge in [-0.1, -0.05) is 44.2 Å². The Balaban J connectivity index is 0.00000137. The summed E-state index contributed by atoms with van der Waals surface area (Å²) in [5.74, 6) is -0.160. The van der Waals surface area contributed by atoms with E-state index in [0.29, 0.717) is 5.57 Å². The van der Waals surface area contributed by atoms with Crippen molar-refractivity contribution >= 4 is 11.6 Å². The van der Waals surface area contributed by atoms with Crippen molar-refractivity contribution in [3.8, 4) is 0 Å². The molecule has 0 aliphatic rings. The molecule has 2 heteroatoms. The van der Waals surface area contributed by atoms with Crippen molar-refractivity contribution in [2.24, 2.45) is 0 Å². The van der Waals surface area contributed by atoms with E-state index < -0.39 is 0 Å². The predicted octanol–water partition coefficient (Wildman–Crippen LogP) is 4.48. The van der Waals surface area contributed by atoms with E-state index in [0.717, 1.165) is 16.8 Å². The molecule has 0 spiro atoms. The Bertz CT molecular complexity index is 440. The molecular weight excluding hydrogens is 222 g/mol. The standard InChI is InChI=1S/C14H17NO.C2H6/c1-10(2)8-12(4)14(16)15-13-7-5-6-11(3)9-13;1-2/h5-9H,4H2,1-3H3,(H,15,16);1-2H3. The Hall–Kier alpha value is -1.83. The highest BCUT2D eigenvalue weighted by atomic mass is 16.1. The van der Waals surface area contributed by atoms with Crippen molar-refractivity contribution in [1.29, 1.82) is 0 Å². The van der Waals surface area contributed by atoms with Gasteiger partial charge in [0.2, 0.25) is 0 Å². The van der Waals surface area contributed by atoms with Crippen LogP contribution in [0.3, 0.4) is 0 Å². The molecule has 98 valence electrons. The van der Waals surface area contributed by atoms with E-state index in [9.17, 15) is 4.79 Å². The second-order valence-corrected chi connectivity index (χ2v) is 4.07. The number of hydrogen-bond acceptors (Lipinski definition) is 1. The van der Waals surface area contributed by atoms with Crippen LogP contribution in [0.5, 0.6) is 0 Å². The molecule has 0 aliphatic heterocycles. The predicted molar refractivity (Wildman–Crippen MR) is 79.7 cm³/mol. The lowest BCUT2D eigenvalue weighted by atomic mass is 10.2. The maximum atomic E-state index is 11.7. The van der Waals surface area contributed by atoms with Crippen molar-refractivity contribution in [3.63, 3.8) is 0 Å². The Morgan fingerprint density at radius 1 is 1.28 bits per heavy atom. The number of carbonyl (C=O) groups is 1. The topological polar surface area (TPSA) is 29.1 Å². The van der Waals surface area contributed by atoms with Gasteiger partial charge < -0.3 is 5.32 Å². The van der Waals surface area contributed by atoms with Gasteiger partial charge in [0.05, 0.1) is 0 Å². The minimum absolute atomic E-state index is 0.160. The van der Waals surface area contributed by atoms with Crippen molar-refractivity contribution < 1.29 is 4.79 Å². The van der Waals surface area contributed by atoms with Crippen LogP contribution in [0.2, 0.25) is 0 Å². The number of anilines is 1. The van der Waals surface area contributed by atoms with Crippen molar-refractivity contribution in [2.75, 3.05) is 5.32 Å². The molecule has 0 fully saturated rings. The van der Waals surface area contributed by atoms with E-state index in [2.05, 4.69) is 11.9 Å². The summed E-state index contributed by atoms with van der Waals surface area (Å²) in [5.41, 5.74) is 3.45. The van der Waals surface area contributed by atoms with Crippen LogP contribution >= 0.6 is 0 Å². The van der Waals surface area contributed by atoms with E-state index in [1.54, 1.807) is 6.08 Å². The molecule has 18 heavy (non-hydrogen) atoms. The molecule has 1 aromatic carbocycles. The normalized spacial score (nSPS) is 8.72. The van der Waals surface area contributed by atoms with E-state index in [1.165, 1.54) is 0 Å². The summed E-state index contributed by atoms with van der Waals surface area (Å²) in [6, 6.07) is 7.68.